The summed E-state index contributed by atoms with van der Waals surface area (Å²) >= 11 is 0. The summed E-state index contributed by atoms with van der Waals surface area (Å²) in [5.74, 6) is 0.586. The van der Waals surface area contributed by atoms with Crippen LogP contribution in [0.25, 0.3) is 0 Å². The van der Waals surface area contributed by atoms with Crippen LogP contribution in [0.15, 0.2) is 24.3 Å². The van der Waals surface area contributed by atoms with Gasteiger partial charge in [0, 0.05) is 38.4 Å². The van der Waals surface area contributed by atoms with Crippen LogP contribution in [0.3, 0.4) is 0 Å². The van der Waals surface area contributed by atoms with Crippen molar-refractivity contribution in [3.8, 4) is 5.75 Å². The molecule has 0 aliphatic heterocycles. The summed E-state index contributed by atoms with van der Waals surface area (Å²) in [7, 11) is 1.61. The molecule has 0 bridgehead atoms. The van der Waals surface area contributed by atoms with Gasteiger partial charge in [0.2, 0.25) is 0 Å². The van der Waals surface area contributed by atoms with Crippen LogP contribution in [0.4, 0.5) is 5.69 Å². The fourth-order valence-corrected chi connectivity index (χ4v) is 1.70. The average molecular weight is 284 g/mol. The number of nitrogens with one attached hydrogen (secondary N) is 1. The van der Waals surface area contributed by atoms with Gasteiger partial charge in [-0.2, -0.15) is 0 Å². The summed E-state index contributed by atoms with van der Waals surface area (Å²) in [6.07, 6.45) is 0.616. The lowest BCUT2D eigenvalue weighted by Gasteiger charge is -2.16. The zero-order valence-corrected chi connectivity index (χ0v) is 11.4. The number of methoxy groups -OCH3 is 1. The zero-order valence-electron chi connectivity index (χ0n) is 11.4. The summed E-state index contributed by atoms with van der Waals surface area (Å²) < 4.78 is 10.5. The number of benzene rings is 1. The van der Waals surface area contributed by atoms with Crippen molar-refractivity contribution in [2.45, 2.75) is 12.5 Å². The van der Waals surface area contributed by atoms with Crippen LogP contribution in [0, 0.1) is 10.1 Å². The fraction of sp³-hybridized carbons (Fsp3) is 0.538. The van der Waals surface area contributed by atoms with Crippen LogP contribution < -0.4 is 10.1 Å². The summed E-state index contributed by atoms with van der Waals surface area (Å²) in [6.45, 7) is 1.66. The zero-order chi connectivity index (χ0) is 14.8. The largest absolute Gasteiger partial charge is 0.492 e. The fourth-order valence-electron chi connectivity index (χ4n) is 1.70. The molecule has 20 heavy (non-hydrogen) atoms. The van der Waals surface area contributed by atoms with Crippen LogP contribution in [0.1, 0.15) is 6.42 Å². The van der Waals surface area contributed by atoms with Crippen molar-refractivity contribution in [2.24, 2.45) is 0 Å². The SMILES string of the molecule is COCC(CCO)NCCOc1ccc([N+](=O)[O-])cc1. The highest BCUT2D eigenvalue weighted by Crippen LogP contribution is 2.16. The monoisotopic (exact) mass is 284 g/mol. The van der Waals surface area contributed by atoms with E-state index in [4.69, 9.17) is 14.6 Å². The van der Waals surface area contributed by atoms with E-state index in [9.17, 15) is 10.1 Å². The number of non-ortho nitro benzene ring substituents is 1. The molecule has 0 heterocycles. The highest BCUT2D eigenvalue weighted by atomic mass is 16.6. The molecule has 0 radical (unpaired) electrons. The van der Waals surface area contributed by atoms with Gasteiger partial charge in [0.25, 0.3) is 5.69 Å². The van der Waals surface area contributed by atoms with E-state index in [1.54, 1.807) is 19.2 Å². The van der Waals surface area contributed by atoms with Crippen LogP contribution in [-0.4, -0.2) is 49.5 Å². The highest BCUT2D eigenvalue weighted by Gasteiger charge is 2.07. The van der Waals surface area contributed by atoms with E-state index in [0.29, 0.717) is 31.9 Å². The molecule has 0 aliphatic carbocycles. The third kappa shape index (κ3) is 5.96. The number of rotatable bonds is 10. The number of aliphatic hydroxyl groups excluding tert-OH is 1. The molecule has 7 heteroatoms. The Kier molecular flexibility index (Phi) is 7.56. The number of nitro groups is 1. The summed E-state index contributed by atoms with van der Waals surface area (Å²) in [6, 6.07) is 6.03. The molecule has 1 unspecified atom stereocenters. The first-order valence-corrected chi connectivity index (χ1v) is 6.37. The van der Waals surface area contributed by atoms with Crippen molar-refractivity contribution >= 4 is 5.69 Å². The van der Waals surface area contributed by atoms with E-state index in [1.807, 2.05) is 0 Å². The minimum Gasteiger partial charge on any atom is -0.492 e. The van der Waals surface area contributed by atoms with E-state index in [0.717, 1.165) is 0 Å². The summed E-state index contributed by atoms with van der Waals surface area (Å²) in [4.78, 5) is 10.0. The molecule has 0 amide bonds. The van der Waals surface area contributed by atoms with Crippen molar-refractivity contribution in [2.75, 3.05) is 33.5 Å². The lowest BCUT2D eigenvalue weighted by molar-refractivity contribution is -0.384. The van der Waals surface area contributed by atoms with Crippen molar-refractivity contribution in [1.29, 1.82) is 0 Å². The second-order valence-electron chi connectivity index (χ2n) is 4.22. The van der Waals surface area contributed by atoms with Gasteiger partial charge in [-0.25, -0.2) is 0 Å². The van der Waals surface area contributed by atoms with Gasteiger partial charge < -0.3 is 19.9 Å². The number of nitrogens with zero attached hydrogens (tertiary/aromatic N) is 1. The Labute approximate surface area is 117 Å². The molecular weight excluding hydrogens is 264 g/mol. The summed E-state index contributed by atoms with van der Waals surface area (Å²) in [5, 5.41) is 22.6. The molecule has 0 aliphatic rings. The second-order valence-corrected chi connectivity index (χ2v) is 4.22. The number of ether oxygens (including phenoxy) is 2. The summed E-state index contributed by atoms with van der Waals surface area (Å²) in [5.41, 5.74) is 0.0404. The molecular formula is C13H20N2O5. The molecule has 1 aromatic rings. The van der Waals surface area contributed by atoms with Gasteiger partial charge in [-0.15, -0.1) is 0 Å². The van der Waals surface area contributed by atoms with Crippen molar-refractivity contribution in [1.82, 2.24) is 5.32 Å². The minimum atomic E-state index is -0.449. The van der Waals surface area contributed by atoms with Crippen molar-refractivity contribution in [3.63, 3.8) is 0 Å². The first-order chi connectivity index (χ1) is 9.67. The molecule has 0 fully saturated rings. The average Bonchev–Trinajstić information content (AvgIpc) is 2.44. The Morgan fingerprint density at radius 1 is 1.40 bits per heavy atom. The number of hydrogen-bond acceptors (Lipinski definition) is 6. The maximum atomic E-state index is 10.5. The Morgan fingerprint density at radius 2 is 2.10 bits per heavy atom. The first-order valence-electron chi connectivity index (χ1n) is 6.37. The molecule has 112 valence electrons. The number of aliphatic hydroxyl groups is 1. The van der Waals surface area contributed by atoms with E-state index >= 15 is 0 Å². The molecule has 0 aromatic heterocycles. The normalized spacial score (nSPS) is 12.1. The molecule has 1 rings (SSSR count). The van der Waals surface area contributed by atoms with Gasteiger partial charge in [0.15, 0.2) is 0 Å². The molecule has 7 nitrogen and oxygen atoms in total. The minimum absolute atomic E-state index is 0.0404. The molecule has 0 saturated heterocycles. The molecule has 1 aromatic carbocycles. The van der Waals surface area contributed by atoms with E-state index < -0.39 is 4.92 Å². The maximum absolute atomic E-state index is 10.5. The van der Waals surface area contributed by atoms with Gasteiger partial charge in [0.1, 0.15) is 12.4 Å². The van der Waals surface area contributed by atoms with Crippen LogP contribution in [0.5, 0.6) is 5.75 Å². The van der Waals surface area contributed by atoms with Gasteiger partial charge in [-0.1, -0.05) is 0 Å². The lowest BCUT2D eigenvalue weighted by Crippen LogP contribution is -2.36. The van der Waals surface area contributed by atoms with Gasteiger partial charge in [0.05, 0.1) is 11.5 Å². The Hall–Kier alpha value is -1.70. The topological polar surface area (TPSA) is 93.9 Å². The molecule has 2 N–H and O–H groups in total. The predicted octanol–water partition coefficient (Wildman–Crippen LogP) is 0.961. The Balaban J connectivity index is 2.27. The van der Waals surface area contributed by atoms with Crippen LogP contribution in [0.2, 0.25) is 0 Å². The quantitative estimate of drug-likeness (QED) is 0.377. The predicted molar refractivity (Wildman–Crippen MR) is 74.0 cm³/mol. The molecule has 0 spiro atoms. The standard InChI is InChI=1S/C13H20N2O5/c1-19-10-11(6-8-16)14-7-9-20-13-4-2-12(3-5-13)15(17)18/h2-5,11,14,16H,6-10H2,1H3. The van der Waals surface area contributed by atoms with Crippen LogP contribution >= 0.6 is 0 Å². The lowest BCUT2D eigenvalue weighted by atomic mass is 10.2. The number of hydrogen-bond donors (Lipinski definition) is 2. The molecule has 1 atom stereocenters. The van der Waals surface area contributed by atoms with Gasteiger partial charge in [-0.3, -0.25) is 10.1 Å². The second kappa shape index (κ2) is 9.24. The first kappa shape index (κ1) is 16.4. The van der Waals surface area contributed by atoms with Gasteiger partial charge in [-0.05, 0) is 18.6 Å². The third-order valence-electron chi connectivity index (χ3n) is 2.70. The highest BCUT2D eigenvalue weighted by molar-refractivity contribution is 5.35. The molecule has 0 saturated carbocycles. The smallest absolute Gasteiger partial charge is 0.269 e. The third-order valence-corrected chi connectivity index (χ3v) is 2.70. The van der Waals surface area contributed by atoms with Crippen molar-refractivity contribution in [3.05, 3.63) is 34.4 Å². The van der Waals surface area contributed by atoms with E-state index in [-0.39, 0.29) is 18.3 Å². The Bertz CT molecular complexity index is 390. The van der Waals surface area contributed by atoms with E-state index in [1.165, 1.54) is 12.1 Å². The van der Waals surface area contributed by atoms with Gasteiger partial charge >= 0.3 is 0 Å². The maximum Gasteiger partial charge on any atom is 0.269 e. The van der Waals surface area contributed by atoms with E-state index in [2.05, 4.69) is 5.32 Å². The van der Waals surface area contributed by atoms with Crippen molar-refractivity contribution < 1.29 is 19.5 Å². The number of nitro benzene ring substituents is 1. The van der Waals surface area contributed by atoms with Crippen LogP contribution in [-0.2, 0) is 4.74 Å². The Morgan fingerprint density at radius 3 is 2.65 bits per heavy atom.